The molecule has 0 atom stereocenters. The maximum atomic E-state index is 11.5. The fourth-order valence-electron chi connectivity index (χ4n) is 5.52. The van der Waals surface area contributed by atoms with Crippen LogP contribution < -0.4 is 10.4 Å². The van der Waals surface area contributed by atoms with Gasteiger partial charge < -0.3 is 4.43 Å². The van der Waals surface area contributed by atoms with Gasteiger partial charge in [0, 0.05) is 6.61 Å². The molecule has 33 heavy (non-hydrogen) atoms. The van der Waals surface area contributed by atoms with Gasteiger partial charge in [0.05, 0.1) is 12.9 Å². The highest BCUT2D eigenvalue weighted by Gasteiger charge is 2.50. The second-order valence-electron chi connectivity index (χ2n) is 10.6. The third-order valence-corrected chi connectivity index (χ3v) is 12.8. The third-order valence-electron chi connectivity index (χ3n) is 7.21. The highest BCUT2D eigenvalue weighted by molar-refractivity contribution is 7.85. The number of hydrogen-bond donors (Lipinski definition) is 0. The molecule has 0 saturated heterocycles. The minimum Gasteiger partial charge on any atom is -0.407 e. The van der Waals surface area contributed by atoms with Crippen molar-refractivity contribution in [2.45, 2.75) is 70.8 Å². The van der Waals surface area contributed by atoms with Crippen molar-refractivity contribution < 1.29 is 17.0 Å². The maximum Gasteiger partial charge on any atom is 0.264 e. The molecular weight excluding hydrogens is 448 g/mol. The Morgan fingerprint density at radius 1 is 0.818 bits per heavy atom. The van der Waals surface area contributed by atoms with E-state index in [4.69, 9.17) is 8.61 Å². The Hall–Kier alpha value is -1.47. The van der Waals surface area contributed by atoms with Crippen molar-refractivity contribution in [2.24, 2.45) is 5.41 Å². The quantitative estimate of drug-likeness (QED) is 0.338. The first-order valence-electron chi connectivity index (χ1n) is 12.2. The monoisotopic (exact) mass is 488 g/mol. The Balaban J connectivity index is 1.87. The standard InChI is InChI=1S/C27H40O4SSi/c1-26(2,3)33(24-14-8-5-9-15-24,25-16-10-6-11-17-25)31-23-21-27(18-12-7-13-19-27)20-22-30-32(4,28)29/h5-6,8-11,14-17H,7,12-13,18-23H2,1-4H3. The summed E-state index contributed by atoms with van der Waals surface area (Å²) in [6.07, 6.45) is 8.70. The summed E-state index contributed by atoms with van der Waals surface area (Å²) in [7, 11) is -5.97. The lowest BCUT2D eigenvalue weighted by molar-refractivity contribution is 0.102. The summed E-state index contributed by atoms with van der Waals surface area (Å²) in [5, 5.41) is 2.54. The summed E-state index contributed by atoms with van der Waals surface area (Å²) in [6.45, 7) is 7.84. The van der Waals surface area contributed by atoms with Crippen LogP contribution in [0.4, 0.5) is 0 Å². The smallest absolute Gasteiger partial charge is 0.264 e. The summed E-state index contributed by atoms with van der Waals surface area (Å²) in [5.74, 6) is 0. The molecular formula is C27H40O4SSi. The number of rotatable bonds is 10. The van der Waals surface area contributed by atoms with Crippen LogP contribution in [0.2, 0.25) is 5.04 Å². The molecule has 6 heteroatoms. The number of hydrogen-bond acceptors (Lipinski definition) is 4. The molecule has 1 saturated carbocycles. The van der Waals surface area contributed by atoms with E-state index in [0.717, 1.165) is 31.9 Å². The van der Waals surface area contributed by atoms with E-state index in [0.29, 0.717) is 6.61 Å². The van der Waals surface area contributed by atoms with Crippen LogP contribution in [0.15, 0.2) is 60.7 Å². The zero-order valence-electron chi connectivity index (χ0n) is 20.7. The maximum absolute atomic E-state index is 11.5. The SMILES string of the molecule is CC(C)(C)[Si](OCCC1(CCOS(C)(=O)=O)CCCCC1)(c1ccccc1)c1ccccc1. The minimum atomic E-state index is -3.41. The Labute approximate surface area is 202 Å². The van der Waals surface area contributed by atoms with Gasteiger partial charge in [0.25, 0.3) is 18.4 Å². The predicted molar refractivity (Wildman–Crippen MR) is 139 cm³/mol. The van der Waals surface area contributed by atoms with Crippen molar-refractivity contribution in [3.63, 3.8) is 0 Å². The van der Waals surface area contributed by atoms with Crippen molar-refractivity contribution in [3.05, 3.63) is 60.7 Å². The Morgan fingerprint density at radius 3 is 1.76 bits per heavy atom. The Morgan fingerprint density at radius 2 is 1.30 bits per heavy atom. The molecule has 4 nitrogen and oxygen atoms in total. The van der Waals surface area contributed by atoms with E-state index in [1.807, 2.05) is 0 Å². The molecule has 1 aliphatic rings. The fraction of sp³-hybridized carbons (Fsp3) is 0.556. The van der Waals surface area contributed by atoms with E-state index in [1.165, 1.54) is 29.6 Å². The largest absolute Gasteiger partial charge is 0.407 e. The molecule has 0 N–H and O–H groups in total. The molecule has 0 heterocycles. The van der Waals surface area contributed by atoms with Gasteiger partial charge in [-0.05, 0) is 46.5 Å². The second kappa shape index (κ2) is 10.9. The average Bonchev–Trinajstić information content (AvgIpc) is 2.77. The lowest BCUT2D eigenvalue weighted by Gasteiger charge is -2.44. The molecule has 0 aliphatic heterocycles. The Bertz CT molecular complexity index is 923. The van der Waals surface area contributed by atoms with E-state index >= 15 is 0 Å². The molecule has 182 valence electrons. The molecule has 2 aromatic carbocycles. The molecule has 3 rings (SSSR count). The molecule has 1 aliphatic carbocycles. The third kappa shape index (κ3) is 6.56. The van der Waals surface area contributed by atoms with Crippen LogP contribution in [0, 0.1) is 5.41 Å². The topological polar surface area (TPSA) is 52.6 Å². The first kappa shape index (κ1) is 26.1. The fourth-order valence-corrected chi connectivity index (χ4v) is 10.5. The molecule has 0 spiro atoms. The van der Waals surface area contributed by atoms with E-state index in [2.05, 4.69) is 81.4 Å². The summed E-state index contributed by atoms with van der Waals surface area (Å²) in [4.78, 5) is 0. The van der Waals surface area contributed by atoms with E-state index in [1.54, 1.807) is 0 Å². The summed E-state index contributed by atoms with van der Waals surface area (Å²) in [5.41, 5.74) is 0.0916. The lowest BCUT2D eigenvalue weighted by atomic mass is 9.70. The van der Waals surface area contributed by atoms with Crippen LogP contribution >= 0.6 is 0 Å². The first-order valence-corrected chi connectivity index (χ1v) is 15.9. The van der Waals surface area contributed by atoms with Gasteiger partial charge in [-0.15, -0.1) is 0 Å². The zero-order valence-corrected chi connectivity index (χ0v) is 22.5. The van der Waals surface area contributed by atoms with Crippen molar-refractivity contribution >= 4 is 28.8 Å². The lowest BCUT2D eigenvalue weighted by Crippen LogP contribution is -2.66. The number of benzene rings is 2. The van der Waals surface area contributed by atoms with Crippen LogP contribution in [-0.2, 0) is 18.7 Å². The van der Waals surface area contributed by atoms with E-state index < -0.39 is 18.4 Å². The van der Waals surface area contributed by atoms with Crippen LogP contribution in [-0.4, -0.2) is 36.2 Å². The summed E-state index contributed by atoms with van der Waals surface area (Å²) < 4.78 is 35.3. The highest BCUT2D eigenvalue weighted by Crippen LogP contribution is 2.43. The van der Waals surface area contributed by atoms with Gasteiger partial charge >= 0.3 is 0 Å². The van der Waals surface area contributed by atoms with Crippen molar-refractivity contribution in [2.75, 3.05) is 19.5 Å². The molecule has 0 aromatic heterocycles. The van der Waals surface area contributed by atoms with Crippen molar-refractivity contribution in [1.29, 1.82) is 0 Å². The average molecular weight is 489 g/mol. The molecule has 0 unspecified atom stereocenters. The summed E-state index contributed by atoms with van der Waals surface area (Å²) >= 11 is 0. The molecule has 0 amide bonds. The molecule has 0 bridgehead atoms. The van der Waals surface area contributed by atoms with Gasteiger partial charge in [-0.3, -0.25) is 4.18 Å². The van der Waals surface area contributed by atoms with Crippen molar-refractivity contribution in [3.8, 4) is 0 Å². The van der Waals surface area contributed by atoms with Crippen LogP contribution in [0.1, 0.15) is 65.7 Å². The van der Waals surface area contributed by atoms with Gasteiger partial charge in [0.1, 0.15) is 0 Å². The van der Waals surface area contributed by atoms with E-state index in [9.17, 15) is 8.42 Å². The second-order valence-corrected chi connectivity index (χ2v) is 16.5. The normalized spacial score (nSPS) is 17.1. The van der Waals surface area contributed by atoms with Gasteiger partial charge in [-0.1, -0.05) is 101 Å². The first-order chi connectivity index (χ1) is 15.6. The van der Waals surface area contributed by atoms with Crippen LogP contribution in [0.25, 0.3) is 0 Å². The van der Waals surface area contributed by atoms with Gasteiger partial charge in [-0.25, -0.2) is 0 Å². The minimum absolute atomic E-state index is 0.0468. The molecule has 2 aromatic rings. The molecule has 0 radical (unpaired) electrons. The summed E-state index contributed by atoms with van der Waals surface area (Å²) in [6, 6.07) is 21.5. The molecule has 1 fully saturated rings. The zero-order chi connectivity index (χ0) is 24.0. The van der Waals surface area contributed by atoms with Gasteiger partial charge in [0.15, 0.2) is 0 Å². The Kier molecular flexibility index (Phi) is 8.59. The van der Waals surface area contributed by atoms with Gasteiger partial charge in [-0.2, -0.15) is 8.42 Å². The van der Waals surface area contributed by atoms with Crippen LogP contribution in [0.3, 0.4) is 0 Å². The van der Waals surface area contributed by atoms with Gasteiger partial charge in [0.2, 0.25) is 0 Å². The highest BCUT2D eigenvalue weighted by atomic mass is 32.2. The van der Waals surface area contributed by atoms with Crippen LogP contribution in [0.5, 0.6) is 0 Å². The predicted octanol–water partition coefficient (Wildman–Crippen LogP) is 5.27. The van der Waals surface area contributed by atoms with Crippen molar-refractivity contribution in [1.82, 2.24) is 0 Å². The van der Waals surface area contributed by atoms with E-state index in [-0.39, 0.29) is 17.1 Å².